The highest BCUT2D eigenvalue weighted by molar-refractivity contribution is 5.97. The molecule has 0 unspecified atom stereocenters. The molecule has 1 saturated heterocycles. The van der Waals surface area contributed by atoms with Crippen LogP contribution in [-0.2, 0) is 4.79 Å². The molecule has 0 spiro atoms. The fourth-order valence-corrected chi connectivity index (χ4v) is 3.91. The van der Waals surface area contributed by atoms with Crippen LogP contribution in [0, 0.1) is 5.92 Å². The van der Waals surface area contributed by atoms with Crippen LogP contribution in [0.15, 0.2) is 29.0 Å². The summed E-state index contributed by atoms with van der Waals surface area (Å²) in [4.78, 5) is 33.2. The summed E-state index contributed by atoms with van der Waals surface area (Å²) in [7, 11) is 0. The van der Waals surface area contributed by atoms with Crippen LogP contribution in [0.3, 0.4) is 0 Å². The van der Waals surface area contributed by atoms with Gasteiger partial charge in [-0.2, -0.15) is 0 Å². The van der Waals surface area contributed by atoms with Gasteiger partial charge in [-0.15, -0.1) is 0 Å². The second-order valence-corrected chi connectivity index (χ2v) is 6.99. The summed E-state index contributed by atoms with van der Waals surface area (Å²) in [5.41, 5.74) is 1.98. The molecular formula is C19H23N3O3. The summed E-state index contributed by atoms with van der Waals surface area (Å²) in [6, 6.07) is 5.33. The summed E-state index contributed by atoms with van der Waals surface area (Å²) in [6.45, 7) is 2.44. The predicted octanol–water partition coefficient (Wildman–Crippen LogP) is 2.69. The van der Waals surface area contributed by atoms with Gasteiger partial charge >= 0.3 is 0 Å². The number of rotatable bonds is 2. The molecule has 0 radical (unpaired) electrons. The summed E-state index contributed by atoms with van der Waals surface area (Å²) in [5.74, 6) is 0.475. The largest absolute Gasteiger partial charge is 0.443 e. The van der Waals surface area contributed by atoms with E-state index in [0.29, 0.717) is 37.3 Å². The van der Waals surface area contributed by atoms with Crippen molar-refractivity contribution in [3.05, 3.63) is 30.2 Å². The summed E-state index contributed by atoms with van der Waals surface area (Å²) in [6.07, 6.45) is 7.01. The molecule has 1 aromatic heterocycles. The van der Waals surface area contributed by atoms with Gasteiger partial charge in [-0.25, -0.2) is 4.98 Å². The zero-order valence-electron chi connectivity index (χ0n) is 14.3. The van der Waals surface area contributed by atoms with Gasteiger partial charge in [-0.05, 0) is 31.0 Å². The first-order valence-corrected chi connectivity index (χ1v) is 9.14. The molecule has 6 heteroatoms. The molecule has 1 aromatic carbocycles. The fraction of sp³-hybridized carbons (Fsp3) is 0.526. The first kappa shape index (κ1) is 16.1. The molecular weight excluding hydrogens is 318 g/mol. The topological polar surface area (TPSA) is 66.7 Å². The molecule has 4 rings (SSSR count). The third kappa shape index (κ3) is 3.25. The molecule has 2 heterocycles. The number of carbonyl (C=O) groups is 2. The maximum absolute atomic E-state index is 12.7. The number of benzene rings is 1. The van der Waals surface area contributed by atoms with E-state index in [4.69, 9.17) is 4.42 Å². The monoisotopic (exact) mass is 341 g/mol. The van der Waals surface area contributed by atoms with Gasteiger partial charge in [-0.1, -0.05) is 19.3 Å². The predicted molar refractivity (Wildman–Crippen MR) is 93.1 cm³/mol. The van der Waals surface area contributed by atoms with E-state index in [1.54, 1.807) is 18.2 Å². The minimum absolute atomic E-state index is 0.0111. The highest BCUT2D eigenvalue weighted by Crippen LogP contribution is 2.26. The second kappa shape index (κ2) is 6.86. The van der Waals surface area contributed by atoms with E-state index in [1.807, 2.05) is 9.80 Å². The van der Waals surface area contributed by atoms with Crippen LogP contribution in [0.1, 0.15) is 42.5 Å². The molecule has 2 fully saturated rings. The Balaban J connectivity index is 1.37. The van der Waals surface area contributed by atoms with Gasteiger partial charge in [0.1, 0.15) is 5.52 Å². The Kier molecular flexibility index (Phi) is 4.42. The van der Waals surface area contributed by atoms with Crippen molar-refractivity contribution in [3.63, 3.8) is 0 Å². The van der Waals surface area contributed by atoms with Crippen molar-refractivity contribution in [2.24, 2.45) is 5.92 Å². The molecule has 0 N–H and O–H groups in total. The van der Waals surface area contributed by atoms with Crippen molar-refractivity contribution in [1.82, 2.24) is 14.8 Å². The molecule has 2 aliphatic rings. The molecule has 1 aliphatic heterocycles. The first-order valence-electron chi connectivity index (χ1n) is 9.14. The van der Waals surface area contributed by atoms with Gasteiger partial charge in [-0.3, -0.25) is 9.59 Å². The van der Waals surface area contributed by atoms with E-state index in [9.17, 15) is 9.59 Å². The van der Waals surface area contributed by atoms with E-state index >= 15 is 0 Å². The van der Waals surface area contributed by atoms with Crippen molar-refractivity contribution >= 4 is 22.9 Å². The Morgan fingerprint density at radius 3 is 2.48 bits per heavy atom. The van der Waals surface area contributed by atoms with Gasteiger partial charge in [0.25, 0.3) is 5.91 Å². The minimum atomic E-state index is -0.0111. The van der Waals surface area contributed by atoms with Gasteiger partial charge in [0.05, 0.1) is 0 Å². The highest BCUT2D eigenvalue weighted by atomic mass is 16.3. The minimum Gasteiger partial charge on any atom is -0.443 e. The molecule has 2 amide bonds. The van der Waals surface area contributed by atoms with E-state index in [-0.39, 0.29) is 17.7 Å². The van der Waals surface area contributed by atoms with E-state index in [2.05, 4.69) is 4.98 Å². The Morgan fingerprint density at radius 2 is 1.72 bits per heavy atom. The van der Waals surface area contributed by atoms with Crippen LogP contribution < -0.4 is 0 Å². The van der Waals surface area contributed by atoms with Crippen LogP contribution in [0.5, 0.6) is 0 Å². The van der Waals surface area contributed by atoms with Crippen LogP contribution in [0.2, 0.25) is 0 Å². The number of oxazole rings is 1. The van der Waals surface area contributed by atoms with Gasteiger partial charge in [0, 0.05) is 37.7 Å². The van der Waals surface area contributed by atoms with Crippen molar-refractivity contribution in [1.29, 1.82) is 0 Å². The lowest BCUT2D eigenvalue weighted by Crippen LogP contribution is -2.52. The number of fused-ring (bicyclic) bond motifs is 1. The molecule has 1 saturated carbocycles. The number of piperazine rings is 1. The van der Waals surface area contributed by atoms with Crippen LogP contribution >= 0.6 is 0 Å². The SMILES string of the molecule is O=C(c1ccc2ncoc2c1)N1CCN(C(=O)C2CCCCC2)CC1. The molecule has 132 valence electrons. The standard InChI is InChI=1S/C19H23N3O3/c23-18(14-4-2-1-3-5-14)21-8-10-22(11-9-21)19(24)15-6-7-16-17(12-15)25-13-20-16/h6-7,12-14H,1-5,8-11H2. The number of aromatic nitrogens is 1. The molecule has 2 aromatic rings. The average molecular weight is 341 g/mol. The molecule has 0 bridgehead atoms. The third-order valence-electron chi connectivity index (χ3n) is 5.41. The number of nitrogens with zero attached hydrogens (tertiary/aromatic N) is 3. The Hall–Kier alpha value is -2.37. The van der Waals surface area contributed by atoms with Crippen LogP contribution in [0.25, 0.3) is 11.1 Å². The fourth-order valence-electron chi connectivity index (χ4n) is 3.91. The van der Waals surface area contributed by atoms with Gasteiger partial charge in [0.15, 0.2) is 12.0 Å². The van der Waals surface area contributed by atoms with Gasteiger partial charge < -0.3 is 14.2 Å². The maximum Gasteiger partial charge on any atom is 0.254 e. The number of hydrogen-bond donors (Lipinski definition) is 0. The van der Waals surface area contributed by atoms with Crippen LogP contribution in [-0.4, -0.2) is 52.8 Å². The smallest absolute Gasteiger partial charge is 0.254 e. The van der Waals surface area contributed by atoms with Crippen molar-refractivity contribution in [2.45, 2.75) is 32.1 Å². The van der Waals surface area contributed by atoms with Crippen molar-refractivity contribution in [3.8, 4) is 0 Å². The Bertz CT molecular complexity index is 771. The lowest BCUT2D eigenvalue weighted by molar-refractivity contribution is -0.138. The summed E-state index contributed by atoms with van der Waals surface area (Å²) >= 11 is 0. The average Bonchev–Trinajstić information content (AvgIpc) is 3.15. The highest BCUT2D eigenvalue weighted by Gasteiger charge is 2.30. The van der Waals surface area contributed by atoms with E-state index in [0.717, 1.165) is 18.4 Å². The third-order valence-corrected chi connectivity index (χ3v) is 5.41. The second-order valence-electron chi connectivity index (χ2n) is 6.99. The lowest BCUT2D eigenvalue weighted by atomic mass is 9.88. The van der Waals surface area contributed by atoms with E-state index in [1.165, 1.54) is 25.7 Å². The van der Waals surface area contributed by atoms with Crippen molar-refractivity contribution < 1.29 is 14.0 Å². The first-order chi connectivity index (χ1) is 12.2. The van der Waals surface area contributed by atoms with Gasteiger partial charge in [0.2, 0.25) is 5.91 Å². The normalized spacial score (nSPS) is 19.4. The van der Waals surface area contributed by atoms with Crippen LogP contribution in [0.4, 0.5) is 0 Å². The summed E-state index contributed by atoms with van der Waals surface area (Å²) < 4.78 is 5.28. The van der Waals surface area contributed by atoms with Crippen molar-refractivity contribution in [2.75, 3.05) is 26.2 Å². The quantitative estimate of drug-likeness (QED) is 0.842. The molecule has 0 atom stereocenters. The zero-order chi connectivity index (χ0) is 17.2. The number of carbonyl (C=O) groups excluding carboxylic acids is 2. The zero-order valence-corrected chi connectivity index (χ0v) is 14.3. The number of amides is 2. The molecule has 25 heavy (non-hydrogen) atoms. The number of hydrogen-bond acceptors (Lipinski definition) is 4. The molecule has 6 nitrogen and oxygen atoms in total. The Labute approximate surface area is 146 Å². The van der Waals surface area contributed by atoms with E-state index < -0.39 is 0 Å². The summed E-state index contributed by atoms with van der Waals surface area (Å²) in [5, 5.41) is 0. The maximum atomic E-state index is 12.7. The Morgan fingerprint density at radius 1 is 1.00 bits per heavy atom. The lowest BCUT2D eigenvalue weighted by Gasteiger charge is -2.37. The molecule has 1 aliphatic carbocycles.